The van der Waals surface area contributed by atoms with Gasteiger partial charge in [0.2, 0.25) is 0 Å². The van der Waals surface area contributed by atoms with E-state index < -0.39 is 49.9 Å². The average Bonchev–Trinajstić information content (AvgIpc) is 2.76. The summed E-state index contributed by atoms with van der Waals surface area (Å²) < 4.78 is 48.5. The van der Waals surface area contributed by atoms with Crippen molar-refractivity contribution < 1.29 is 40.3 Å². The molecule has 1 aromatic rings. The molecule has 1 aromatic carbocycles. The monoisotopic (exact) mass is 419 g/mol. The molecule has 1 fully saturated rings. The van der Waals surface area contributed by atoms with Gasteiger partial charge in [0.25, 0.3) is 0 Å². The van der Waals surface area contributed by atoms with Crippen LogP contribution in [0, 0.1) is 5.82 Å². The topological polar surface area (TPSA) is 119 Å². The van der Waals surface area contributed by atoms with Gasteiger partial charge < -0.3 is 9.84 Å². The van der Waals surface area contributed by atoms with Gasteiger partial charge in [0, 0.05) is 5.69 Å². The highest BCUT2D eigenvalue weighted by Gasteiger charge is 2.75. The normalized spacial score (nSPS) is 26.6. The lowest BCUT2D eigenvalue weighted by atomic mass is 9.86. The first-order valence-electron chi connectivity index (χ1n) is 8.50. The number of ether oxygens (including phenoxy) is 1. The minimum Gasteiger partial charge on any atom is -0.450 e. The van der Waals surface area contributed by atoms with E-state index in [1.54, 1.807) is 6.92 Å². The summed E-state index contributed by atoms with van der Waals surface area (Å²) in [4.78, 5) is 24.0. The Bertz CT molecular complexity index is 913. The Hall–Kier alpha value is -2.24. The van der Waals surface area contributed by atoms with E-state index in [-0.39, 0.29) is 17.9 Å². The van der Waals surface area contributed by atoms with Crippen molar-refractivity contribution in [2.24, 2.45) is 0 Å². The SMILES string of the molecule is CCOC(=O)Nc1ccc(F)c(C2(C)COS(=O)(=O)[N+]2(C(=O)O)C(C)(C)C)c1. The van der Waals surface area contributed by atoms with Crippen LogP contribution in [0.3, 0.4) is 0 Å². The summed E-state index contributed by atoms with van der Waals surface area (Å²) in [5, 5.41) is 12.4. The van der Waals surface area contributed by atoms with E-state index in [4.69, 9.17) is 8.92 Å². The van der Waals surface area contributed by atoms with Crippen molar-refractivity contribution in [3.05, 3.63) is 29.6 Å². The van der Waals surface area contributed by atoms with Gasteiger partial charge >= 0.3 is 22.5 Å². The Kier molecular flexibility index (Phi) is 5.50. The zero-order valence-electron chi connectivity index (χ0n) is 16.3. The Labute approximate surface area is 162 Å². The summed E-state index contributed by atoms with van der Waals surface area (Å²) >= 11 is 0. The molecular weight excluding hydrogens is 395 g/mol. The van der Waals surface area contributed by atoms with Gasteiger partial charge in [0.05, 0.1) is 12.2 Å². The molecule has 2 rings (SSSR count). The van der Waals surface area contributed by atoms with Crippen molar-refractivity contribution in [1.82, 2.24) is 0 Å². The van der Waals surface area contributed by atoms with Crippen LogP contribution in [-0.2, 0) is 24.8 Å². The second-order valence-electron chi connectivity index (χ2n) is 7.57. The molecule has 156 valence electrons. The molecular formula is C17H24FN2O7S+. The summed E-state index contributed by atoms with van der Waals surface area (Å²) in [5.74, 6) is -0.828. The van der Waals surface area contributed by atoms with Crippen LogP contribution in [0.15, 0.2) is 18.2 Å². The fraction of sp³-hybridized carbons (Fsp3) is 0.529. The molecule has 0 aromatic heterocycles. The van der Waals surface area contributed by atoms with Crippen LogP contribution in [0.2, 0.25) is 0 Å². The predicted molar refractivity (Wildman–Crippen MR) is 97.3 cm³/mol. The molecule has 2 atom stereocenters. The number of nitrogens with zero attached hydrogens (tertiary/aromatic N) is 1. The van der Waals surface area contributed by atoms with Crippen LogP contribution in [0.5, 0.6) is 0 Å². The summed E-state index contributed by atoms with van der Waals surface area (Å²) in [5.41, 5.74) is -3.34. The quantitative estimate of drug-likeness (QED) is 0.722. The number of quaternary nitrogens is 1. The van der Waals surface area contributed by atoms with E-state index in [9.17, 15) is 27.5 Å². The van der Waals surface area contributed by atoms with Crippen molar-refractivity contribution >= 4 is 28.2 Å². The van der Waals surface area contributed by atoms with Crippen molar-refractivity contribution in [3.63, 3.8) is 0 Å². The number of nitrogens with one attached hydrogen (secondary N) is 1. The van der Waals surface area contributed by atoms with E-state index in [2.05, 4.69) is 5.32 Å². The summed E-state index contributed by atoms with van der Waals surface area (Å²) in [6, 6.07) is 3.47. The van der Waals surface area contributed by atoms with Crippen molar-refractivity contribution in [1.29, 1.82) is 0 Å². The maximum atomic E-state index is 14.8. The summed E-state index contributed by atoms with van der Waals surface area (Å²) in [6.07, 6.45) is -2.48. The van der Waals surface area contributed by atoms with Crippen LogP contribution in [0.25, 0.3) is 0 Å². The number of anilines is 1. The lowest BCUT2D eigenvalue weighted by Gasteiger charge is -2.45. The molecule has 2 N–H and O–H groups in total. The fourth-order valence-corrected chi connectivity index (χ4v) is 5.87. The molecule has 0 spiro atoms. The third-order valence-electron chi connectivity index (χ3n) is 4.80. The molecule has 1 aliphatic rings. The lowest BCUT2D eigenvalue weighted by Crippen LogP contribution is -2.71. The maximum Gasteiger partial charge on any atom is 0.532 e. The van der Waals surface area contributed by atoms with E-state index in [0.29, 0.717) is 0 Å². The van der Waals surface area contributed by atoms with Crippen molar-refractivity contribution in [3.8, 4) is 0 Å². The number of carboxylic acid groups (broad SMARTS) is 1. The molecule has 2 unspecified atom stereocenters. The highest BCUT2D eigenvalue weighted by Crippen LogP contribution is 2.52. The molecule has 2 amide bonds. The first-order valence-corrected chi connectivity index (χ1v) is 9.87. The molecule has 11 heteroatoms. The van der Waals surface area contributed by atoms with Crippen LogP contribution < -0.4 is 5.32 Å². The predicted octanol–water partition coefficient (Wildman–Crippen LogP) is 3.18. The van der Waals surface area contributed by atoms with Gasteiger partial charge in [-0.2, -0.15) is 4.79 Å². The molecule has 0 bridgehead atoms. The summed E-state index contributed by atoms with van der Waals surface area (Å²) in [6.45, 7) is 6.72. The van der Waals surface area contributed by atoms with Gasteiger partial charge in [-0.3, -0.25) is 5.32 Å². The number of benzene rings is 1. The van der Waals surface area contributed by atoms with Gasteiger partial charge in [-0.25, -0.2) is 13.4 Å². The van der Waals surface area contributed by atoms with Gasteiger partial charge in [-0.1, -0.05) is 3.89 Å². The molecule has 1 saturated heterocycles. The molecule has 28 heavy (non-hydrogen) atoms. The molecule has 1 aliphatic heterocycles. The minimum absolute atomic E-state index is 0.118. The molecule has 1 heterocycles. The van der Waals surface area contributed by atoms with Crippen molar-refractivity contribution in [2.45, 2.75) is 45.7 Å². The van der Waals surface area contributed by atoms with Gasteiger partial charge in [-0.15, -0.1) is 8.42 Å². The zero-order valence-corrected chi connectivity index (χ0v) is 17.1. The van der Waals surface area contributed by atoms with Crippen LogP contribution in [0.4, 0.5) is 19.7 Å². The number of hydrogen-bond donors (Lipinski definition) is 2. The van der Waals surface area contributed by atoms with Crippen LogP contribution in [0.1, 0.15) is 40.2 Å². The Balaban J connectivity index is 2.74. The third kappa shape index (κ3) is 3.03. The zero-order chi connectivity index (χ0) is 21.5. The fourth-order valence-electron chi connectivity index (χ4n) is 3.82. The van der Waals surface area contributed by atoms with E-state index in [0.717, 1.165) is 6.07 Å². The smallest absolute Gasteiger partial charge is 0.450 e. The first kappa shape index (κ1) is 22.1. The highest BCUT2D eigenvalue weighted by atomic mass is 32.2. The van der Waals surface area contributed by atoms with Crippen LogP contribution in [-0.4, -0.2) is 48.4 Å². The Morgan fingerprint density at radius 1 is 1.39 bits per heavy atom. The largest absolute Gasteiger partial charge is 0.532 e. The minimum atomic E-state index is -4.66. The third-order valence-corrected chi connectivity index (χ3v) is 7.00. The number of rotatable bonds is 3. The molecule has 0 aliphatic carbocycles. The van der Waals surface area contributed by atoms with Crippen LogP contribution >= 0.6 is 0 Å². The molecule has 0 radical (unpaired) electrons. The number of halogens is 1. The second-order valence-corrected chi connectivity index (χ2v) is 9.21. The van der Waals surface area contributed by atoms with E-state index in [1.165, 1.54) is 39.8 Å². The van der Waals surface area contributed by atoms with E-state index in [1.807, 2.05) is 0 Å². The van der Waals surface area contributed by atoms with Gasteiger partial charge in [0.1, 0.15) is 18.0 Å². The van der Waals surface area contributed by atoms with Gasteiger partial charge in [-0.05, 0) is 52.8 Å². The van der Waals surface area contributed by atoms with E-state index >= 15 is 0 Å². The molecule has 9 nitrogen and oxygen atoms in total. The first-order chi connectivity index (χ1) is 12.7. The lowest BCUT2D eigenvalue weighted by molar-refractivity contribution is -0.838. The Morgan fingerprint density at radius 3 is 2.50 bits per heavy atom. The highest BCUT2D eigenvalue weighted by molar-refractivity contribution is 7.81. The average molecular weight is 419 g/mol. The number of hydrogen-bond acceptors (Lipinski definition) is 6. The maximum absolute atomic E-state index is 14.8. The standard InChI is InChI=1S/C17H23FN2O7S/c1-6-26-14(21)19-11-7-8-13(18)12(9-11)17(5)10-27-28(24,25)20(17,15(22)23)16(2,3)4/h7-9H,6,10H2,1-5H3,(H-,19,21,22,23)/p+1. The van der Waals surface area contributed by atoms with Crippen molar-refractivity contribution in [2.75, 3.05) is 18.5 Å². The summed E-state index contributed by atoms with van der Waals surface area (Å²) in [7, 11) is -4.66. The Morgan fingerprint density at radius 2 is 2.00 bits per heavy atom. The molecule has 0 saturated carbocycles. The number of carbonyl (C=O) groups is 2. The second kappa shape index (κ2) is 6.98. The number of amides is 2. The number of carbonyl (C=O) groups excluding carboxylic acids is 1. The van der Waals surface area contributed by atoms with Gasteiger partial charge in [0.15, 0.2) is 5.54 Å².